The number of benzene rings is 1. The summed E-state index contributed by atoms with van der Waals surface area (Å²) in [5.74, 6) is 0.0365. The monoisotopic (exact) mass is 200 g/mol. The normalized spacial score (nSPS) is 10.8. The lowest BCUT2D eigenvalue weighted by atomic mass is 10.3. The number of thiazole rings is 1. The average molecular weight is 201 g/mol. The summed E-state index contributed by atoms with van der Waals surface area (Å²) in [5, 5.41) is 10.0. The number of rotatable bonds is 0. The highest BCUT2D eigenvalue weighted by molar-refractivity contribution is 7.22. The first-order valence-corrected chi connectivity index (χ1v) is 4.41. The van der Waals surface area contributed by atoms with Gasteiger partial charge in [0.2, 0.25) is 0 Å². The van der Waals surface area contributed by atoms with Gasteiger partial charge in [-0.3, -0.25) is 0 Å². The second-order valence-electron chi connectivity index (χ2n) is 2.32. The van der Waals surface area contributed by atoms with Crippen molar-refractivity contribution in [3.8, 4) is 5.75 Å². The molecule has 1 aromatic heterocycles. The van der Waals surface area contributed by atoms with E-state index in [-0.39, 0.29) is 5.75 Å². The Morgan fingerprint density at radius 2 is 2.25 bits per heavy atom. The number of hydrogen-bond acceptors (Lipinski definition) is 4. The molecular weight excluding hydrogens is 196 g/mol. The average Bonchev–Trinajstić information content (AvgIpc) is 2.30. The smallest absolute Gasteiger partial charge is 0.181 e. The van der Waals surface area contributed by atoms with Gasteiger partial charge in [-0.25, -0.2) is 4.98 Å². The Balaban J connectivity index is 2.83. The fourth-order valence-electron chi connectivity index (χ4n) is 0.956. The van der Waals surface area contributed by atoms with E-state index in [2.05, 4.69) is 4.98 Å². The number of nitrogens with two attached hydrogens (primary N) is 1. The second-order valence-corrected chi connectivity index (χ2v) is 3.79. The van der Waals surface area contributed by atoms with Crippen molar-refractivity contribution in [3.05, 3.63) is 17.2 Å². The van der Waals surface area contributed by atoms with Crippen LogP contribution in [0, 0.1) is 0 Å². The van der Waals surface area contributed by atoms with Crippen molar-refractivity contribution in [1.29, 1.82) is 0 Å². The largest absolute Gasteiger partial charge is 0.506 e. The van der Waals surface area contributed by atoms with Crippen molar-refractivity contribution in [1.82, 2.24) is 4.98 Å². The first kappa shape index (κ1) is 7.64. The van der Waals surface area contributed by atoms with E-state index in [4.69, 9.17) is 17.3 Å². The van der Waals surface area contributed by atoms with Crippen LogP contribution >= 0.6 is 22.9 Å². The quantitative estimate of drug-likeness (QED) is 0.686. The molecule has 0 atom stereocenters. The van der Waals surface area contributed by atoms with Gasteiger partial charge in [-0.15, -0.1) is 0 Å². The van der Waals surface area contributed by atoms with Gasteiger partial charge >= 0.3 is 0 Å². The molecule has 3 N–H and O–H groups in total. The molecule has 0 aliphatic carbocycles. The number of anilines is 1. The second kappa shape index (κ2) is 2.50. The van der Waals surface area contributed by atoms with Crippen LogP contribution in [0.15, 0.2) is 12.1 Å². The Morgan fingerprint density at radius 1 is 1.50 bits per heavy atom. The summed E-state index contributed by atoms with van der Waals surface area (Å²) in [6, 6.07) is 3.16. The molecule has 0 saturated carbocycles. The van der Waals surface area contributed by atoms with Gasteiger partial charge in [-0.1, -0.05) is 22.9 Å². The topological polar surface area (TPSA) is 59.1 Å². The first-order chi connectivity index (χ1) is 5.66. The van der Waals surface area contributed by atoms with E-state index in [9.17, 15) is 5.11 Å². The molecule has 0 amide bonds. The van der Waals surface area contributed by atoms with E-state index in [0.717, 1.165) is 4.70 Å². The number of aromatic nitrogens is 1. The van der Waals surface area contributed by atoms with E-state index < -0.39 is 0 Å². The fourth-order valence-corrected chi connectivity index (χ4v) is 1.94. The summed E-state index contributed by atoms with van der Waals surface area (Å²) in [5.41, 5.74) is 6.15. The van der Waals surface area contributed by atoms with Crippen LogP contribution in [0.4, 0.5) is 5.13 Å². The standard InChI is InChI=1S/C7H5ClN2OS/c8-3-1-6-4(2-5(3)11)10-7(9)12-6/h1-2,11H,(H2,9,10). The van der Waals surface area contributed by atoms with Crippen LogP contribution in [0.25, 0.3) is 10.2 Å². The lowest BCUT2D eigenvalue weighted by molar-refractivity contribution is 0.476. The zero-order valence-electron chi connectivity index (χ0n) is 5.91. The number of nitrogens with zero attached hydrogens (tertiary/aromatic N) is 1. The molecule has 3 nitrogen and oxygen atoms in total. The van der Waals surface area contributed by atoms with Crippen LogP contribution in [0.5, 0.6) is 5.75 Å². The number of aromatic hydroxyl groups is 1. The van der Waals surface area contributed by atoms with Crippen molar-refractivity contribution in [2.75, 3.05) is 5.73 Å². The van der Waals surface area contributed by atoms with Gasteiger partial charge in [0, 0.05) is 6.07 Å². The van der Waals surface area contributed by atoms with Crippen molar-refractivity contribution in [2.45, 2.75) is 0 Å². The third-order valence-corrected chi connectivity index (χ3v) is 2.62. The molecule has 2 rings (SSSR count). The summed E-state index contributed by atoms with van der Waals surface area (Å²) in [7, 11) is 0. The molecule has 12 heavy (non-hydrogen) atoms. The van der Waals surface area contributed by atoms with Gasteiger partial charge in [-0.2, -0.15) is 0 Å². The van der Waals surface area contributed by atoms with Crippen LogP contribution in [0.3, 0.4) is 0 Å². The molecule has 0 aliphatic rings. The highest BCUT2D eigenvalue weighted by Crippen LogP contribution is 2.32. The number of halogens is 1. The Morgan fingerprint density at radius 3 is 3.00 bits per heavy atom. The minimum atomic E-state index is 0.0365. The summed E-state index contributed by atoms with van der Waals surface area (Å²) in [6.07, 6.45) is 0. The minimum absolute atomic E-state index is 0.0365. The zero-order chi connectivity index (χ0) is 8.72. The minimum Gasteiger partial charge on any atom is -0.506 e. The zero-order valence-corrected chi connectivity index (χ0v) is 7.49. The first-order valence-electron chi connectivity index (χ1n) is 3.21. The van der Waals surface area contributed by atoms with E-state index in [1.165, 1.54) is 17.4 Å². The molecule has 0 saturated heterocycles. The molecule has 1 heterocycles. The molecule has 0 fully saturated rings. The Hall–Kier alpha value is -1.000. The number of phenolic OH excluding ortho intramolecular Hbond substituents is 1. The third-order valence-electron chi connectivity index (χ3n) is 1.47. The third kappa shape index (κ3) is 1.09. The van der Waals surface area contributed by atoms with Crippen LogP contribution < -0.4 is 5.73 Å². The molecule has 62 valence electrons. The van der Waals surface area contributed by atoms with Gasteiger partial charge < -0.3 is 10.8 Å². The summed E-state index contributed by atoms with van der Waals surface area (Å²) < 4.78 is 0.885. The Labute approximate surface area is 77.4 Å². The number of hydrogen-bond donors (Lipinski definition) is 2. The van der Waals surface area contributed by atoms with Crippen molar-refractivity contribution in [3.63, 3.8) is 0 Å². The van der Waals surface area contributed by atoms with Crippen LogP contribution in [0.2, 0.25) is 5.02 Å². The molecule has 1 aromatic carbocycles. The summed E-state index contributed by atoms with van der Waals surface area (Å²) in [6.45, 7) is 0. The van der Waals surface area contributed by atoms with Gasteiger partial charge in [0.05, 0.1) is 15.2 Å². The Kier molecular flexibility index (Phi) is 1.59. The molecule has 0 unspecified atom stereocenters. The summed E-state index contributed by atoms with van der Waals surface area (Å²) in [4.78, 5) is 3.99. The SMILES string of the molecule is Nc1nc2cc(O)c(Cl)cc2s1. The maximum atomic E-state index is 9.22. The molecule has 0 bridgehead atoms. The lowest BCUT2D eigenvalue weighted by Crippen LogP contribution is -1.78. The van der Waals surface area contributed by atoms with Gasteiger partial charge in [0.25, 0.3) is 0 Å². The predicted octanol–water partition coefficient (Wildman–Crippen LogP) is 2.24. The number of nitrogen functional groups attached to an aromatic ring is 1. The van der Waals surface area contributed by atoms with Crippen LogP contribution in [0.1, 0.15) is 0 Å². The van der Waals surface area contributed by atoms with Gasteiger partial charge in [0.1, 0.15) is 5.75 Å². The van der Waals surface area contributed by atoms with Crippen molar-refractivity contribution < 1.29 is 5.11 Å². The summed E-state index contributed by atoms with van der Waals surface area (Å²) >= 11 is 7.03. The van der Waals surface area contributed by atoms with E-state index in [1.807, 2.05) is 0 Å². The molecule has 2 aromatic rings. The molecule has 0 aliphatic heterocycles. The van der Waals surface area contributed by atoms with E-state index in [1.54, 1.807) is 6.07 Å². The van der Waals surface area contributed by atoms with Crippen LogP contribution in [-0.2, 0) is 0 Å². The lowest BCUT2D eigenvalue weighted by Gasteiger charge is -1.93. The highest BCUT2D eigenvalue weighted by Gasteiger charge is 2.05. The molecule has 0 spiro atoms. The van der Waals surface area contributed by atoms with Crippen molar-refractivity contribution in [2.24, 2.45) is 0 Å². The van der Waals surface area contributed by atoms with E-state index in [0.29, 0.717) is 15.7 Å². The van der Waals surface area contributed by atoms with Gasteiger partial charge in [-0.05, 0) is 6.07 Å². The fraction of sp³-hybridized carbons (Fsp3) is 0. The van der Waals surface area contributed by atoms with Crippen LogP contribution in [-0.4, -0.2) is 10.1 Å². The van der Waals surface area contributed by atoms with E-state index >= 15 is 0 Å². The van der Waals surface area contributed by atoms with Gasteiger partial charge in [0.15, 0.2) is 5.13 Å². The molecular formula is C7H5ClN2OS. The predicted molar refractivity (Wildman–Crippen MR) is 50.7 cm³/mol. The van der Waals surface area contributed by atoms with Crippen molar-refractivity contribution >= 4 is 38.3 Å². The highest BCUT2D eigenvalue weighted by atomic mass is 35.5. The molecule has 5 heteroatoms. The maximum absolute atomic E-state index is 9.22. The number of phenols is 1. The maximum Gasteiger partial charge on any atom is 0.181 e. The number of fused-ring (bicyclic) bond motifs is 1. The Bertz CT molecular complexity index is 401. The molecule has 0 radical (unpaired) electrons.